The lowest BCUT2D eigenvalue weighted by molar-refractivity contribution is -0.137. The maximum atomic E-state index is 13.0. The predicted octanol–water partition coefficient (Wildman–Crippen LogP) is 13.7. The van der Waals surface area contributed by atoms with Crippen LogP contribution in [0, 0.1) is 0 Å². The van der Waals surface area contributed by atoms with Gasteiger partial charge in [0.05, 0.1) is 0 Å². The van der Waals surface area contributed by atoms with Crippen molar-refractivity contribution in [1.29, 1.82) is 0 Å². The fraction of sp³-hybridized carbons (Fsp3) is 0.960. The summed E-state index contributed by atoms with van der Waals surface area (Å²) in [5.74, 6) is 0.0502. The molecular formula is C50H100N4O2. The van der Waals surface area contributed by atoms with E-state index < -0.39 is 0 Å². The summed E-state index contributed by atoms with van der Waals surface area (Å²) in [5.41, 5.74) is 0. The third kappa shape index (κ3) is 31.8. The van der Waals surface area contributed by atoms with Gasteiger partial charge >= 0.3 is 0 Å². The van der Waals surface area contributed by atoms with Crippen molar-refractivity contribution in [2.75, 3.05) is 39.3 Å². The Balaban J connectivity index is 2.27. The fourth-order valence-corrected chi connectivity index (χ4v) is 8.68. The van der Waals surface area contributed by atoms with Gasteiger partial charge in [-0.15, -0.1) is 0 Å². The number of rotatable bonds is 44. The molecule has 56 heavy (non-hydrogen) atoms. The van der Waals surface area contributed by atoms with Crippen LogP contribution in [0.1, 0.15) is 259 Å². The zero-order chi connectivity index (χ0) is 40.6. The second-order valence-electron chi connectivity index (χ2n) is 17.9. The van der Waals surface area contributed by atoms with Gasteiger partial charge in [-0.1, -0.05) is 201 Å². The van der Waals surface area contributed by atoms with Gasteiger partial charge in [-0.2, -0.15) is 0 Å². The number of piperazine rings is 1. The minimum absolute atomic E-state index is 0.0239. The molecule has 0 aromatic heterocycles. The molecule has 1 fully saturated rings. The highest BCUT2D eigenvalue weighted by molar-refractivity contribution is 5.96. The molecule has 1 heterocycles. The minimum Gasteiger partial charge on any atom is -0.343 e. The van der Waals surface area contributed by atoms with Crippen LogP contribution in [0.15, 0.2) is 0 Å². The van der Waals surface area contributed by atoms with E-state index in [2.05, 4.69) is 48.1 Å². The minimum atomic E-state index is -0.368. The number of nitrogens with zero attached hydrogens (tertiary/aromatic N) is 2. The molecule has 6 nitrogen and oxygen atoms in total. The molecule has 0 radical (unpaired) electrons. The Hall–Kier alpha value is -1.14. The van der Waals surface area contributed by atoms with Crippen LogP contribution in [0.25, 0.3) is 0 Å². The van der Waals surface area contributed by atoms with E-state index >= 15 is 0 Å². The molecule has 0 bridgehead atoms. The smallest absolute Gasteiger partial charge is 0.243 e. The van der Waals surface area contributed by atoms with E-state index in [-0.39, 0.29) is 23.9 Å². The molecule has 6 heteroatoms. The summed E-state index contributed by atoms with van der Waals surface area (Å²) in [6.45, 7) is 16.1. The fourth-order valence-electron chi connectivity index (χ4n) is 8.68. The molecule has 1 rings (SSSR count). The first kappa shape index (κ1) is 52.9. The molecule has 1 aliphatic heterocycles. The summed E-state index contributed by atoms with van der Waals surface area (Å²) < 4.78 is 0. The number of amides is 2. The maximum Gasteiger partial charge on any atom is 0.243 e. The topological polar surface area (TPSA) is 64.7 Å². The van der Waals surface area contributed by atoms with Crippen molar-refractivity contribution in [1.82, 2.24) is 20.4 Å². The second kappa shape index (κ2) is 40.6. The lowest BCUT2D eigenvalue weighted by Gasteiger charge is -2.30. The lowest BCUT2D eigenvalue weighted by Crippen LogP contribution is -2.61. The van der Waals surface area contributed by atoms with E-state index in [4.69, 9.17) is 0 Å². The van der Waals surface area contributed by atoms with Gasteiger partial charge in [0.2, 0.25) is 11.8 Å². The van der Waals surface area contributed by atoms with E-state index in [0.717, 1.165) is 58.2 Å². The normalized spacial score (nSPS) is 16.0. The largest absolute Gasteiger partial charge is 0.343 e. The van der Waals surface area contributed by atoms with Crippen molar-refractivity contribution >= 4 is 11.8 Å². The highest BCUT2D eigenvalue weighted by Gasteiger charge is 2.32. The summed E-state index contributed by atoms with van der Waals surface area (Å²) in [7, 11) is 0. The molecule has 1 saturated heterocycles. The molecule has 2 N–H and O–H groups in total. The van der Waals surface area contributed by atoms with Crippen LogP contribution in [0.5, 0.6) is 0 Å². The number of carbonyl (C=O) groups excluding carboxylic acids is 2. The second-order valence-corrected chi connectivity index (χ2v) is 17.9. The van der Waals surface area contributed by atoms with Gasteiger partial charge in [0, 0.05) is 0 Å². The van der Waals surface area contributed by atoms with E-state index in [9.17, 15) is 9.59 Å². The summed E-state index contributed by atoms with van der Waals surface area (Å²) in [5, 5.41) is 6.19. The van der Waals surface area contributed by atoms with Gasteiger partial charge in [0.25, 0.3) is 0 Å². The third-order valence-electron chi connectivity index (χ3n) is 12.6. The van der Waals surface area contributed by atoms with E-state index in [1.165, 1.54) is 212 Å². The first-order valence-corrected chi connectivity index (χ1v) is 25.6. The Morgan fingerprint density at radius 3 is 0.821 bits per heavy atom. The standard InChI is InChI=1S/C50H100N4O2/c1-5-9-12-15-18-21-24-27-30-35-42-53(8-4)43-38-33-40-47-49(55)52-48(50(56)51-47)41-34-39-46-54(44-36-31-28-25-22-19-16-13-10-6-2)45-37-32-29-26-23-20-17-14-11-7-3/h47-48H,5-46H2,1-4H3,(H,51,56)(H,52,55). The highest BCUT2D eigenvalue weighted by atomic mass is 16.2. The van der Waals surface area contributed by atoms with Gasteiger partial charge in [-0.25, -0.2) is 0 Å². The van der Waals surface area contributed by atoms with Crippen molar-refractivity contribution in [3.8, 4) is 0 Å². The lowest BCUT2D eigenvalue weighted by atomic mass is 10.0. The molecule has 2 atom stereocenters. The van der Waals surface area contributed by atoms with Crippen LogP contribution in [0.2, 0.25) is 0 Å². The van der Waals surface area contributed by atoms with Crippen molar-refractivity contribution in [2.45, 2.75) is 271 Å². The van der Waals surface area contributed by atoms with Gasteiger partial charge in [0.15, 0.2) is 0 Å². The van der Waals surface area contributed by atoms with Crippen LogP contribution in [0.3, 0.4) is 0 Å². The number of nitrogens with one attached hydrogen (secondary N) is 2. The van der Waals surface area contributed by atoms with Gasteiger partial charge in [-0.3, -0.25) is 9.59 Å². The number of unbranched alkanes of at least 4 members (excludes halogenated alkanes) is 29. The molecule has 0 aliphatic carbocycles. The highest BCUT2D eigenvalue weighted by Crippen LogP contribution is 2.16. The van der Waals surface area contributed by atoms with E-state index in [1.807, 2.05) is 0 Å². The van der Waals surface area contributed by atoms with Crippen molar-refractivity contribution in [2.24, 2.45) is 0 Å². The van der Waals surface area contributed by atoms with Crippen LogP contribution >= 0.6 is 0 Å². The van der Waals surface area contributed by atoms with Crippen molar-refractivity contribution < 1.29 is 9.59 Å². The average molecular weight is 789 g/mol. The SMILES string of the molecule is CCCCCCCCCCCCN(CC)CCCCC1NC(=O)C(CCCCN(CCCCCCCCCCCC)CCCCCCCCCCCC)NC1=O. The number of carbonyl (C=O) groups is 2. The summed E-state index contributed by atoms with van der Waals surface area (Å²) in [6, 6.07) is -0.735. The summed E-state index contributed by atoms with van der Waals surface area (Å²) >= 11 is 0. The molecule has 0 aromatic rings. The Bertz CT molecular complexity index is 829. The van der Waals surface area contributed by atoms with Crippen LogP contribution in [0.4, 0.5) is 0 Å². The van der Waals surface area contributed by atoms with Crippen LogP contribution in [-0.4, -0.2) is 73.0 Å². The molecule has 0 spiro atoms. The summed E-state index contributed by atoms with van der Waals surface area (Å²) in [6.07, 6.45) is 47.2. The molecular weight excluding hydrogens is 689 g/mol. The van der Waals surface area contributed by atoms with E-state index in [0.29, 0.717) is 0 Å². The Morgan fingerprint density at radius 1 is 0.321 bits per heavy atom. The molecule has 332 valence electrons. The zero-order valence-electron chi connectivity index (χ0n) is 38.6. The van der Waals surface area contributed by atoms with Gasteiger partial charge in [0.1, 0.15) is 12.1 Å². The molecule has 2 unspecified atom stereocenters. The Morgan fingerprint density at radius 2 is 0.554 bits per heavy atom. The van der Waals surface area contributed by atoms with E-state index in [1.54, 1.807) is 0 Å². The van der Waals surface area contributed by atoms with Crippen LogP contribution < -0.4 is 10.6 Å². The van der Waals surface area contributed by atoms with Gasteiger partial charge in [-0.05, 0) is 97.1 Å². The molecule has 2 amide bonds. The number of hydrogen-bond donors (Lipinski definition) is 2. The third-order valence-corrected chi connectivity index (χ3v) is 12.6. The summed E-state index contributed by atoms with van der Waals surface area (Å²) in [4.78, 5) is 31.3. The monoisotopic (exact) mass is 789 g/mol. The maximum absolute atomic E-state index is 13.0. The average Bonchev–Trinajstić information content (AvgIpc) is 3.20. The first-order chi connectivity index (χ1) is 27.5. The van der Waals surface area contributed by atoms with Crippen molar-refractivity contribution in [3.05, 3.63) is 0 Å². The number of hydrogen-bond acceptors (Lipinski definition) is 4. The van der Waals surface area contributed by atoms with Gasteiger partial charge < -0.3 is 20.4 Å². The molecule has 0 saturated carbocycles. The van der Waals surface area contributed by atoms with Crippen molar-refractivity contribution in [3.63, 3.8) is 0 Å². The molecule has 1 aliphatic rings. The first-order valence-electron chi connectivity index (χ1n) is 25.6. The quantitative estimate of drug-likeness (QED) is 0.0604. The van der Waals surface area contributed by atoms with Crippen LogP contribution in [-0.2, 0) is 9.59 Å². The molecule has 0 aromatic carbocycles. The zero-order valence-corrected chi connectivity index (χ0v) is 38.6. The Labute approximate surface area is 351 Å². The Kier molecular flexibility index (Phi) is 38.4. The predicted molar refractivity (Wildman–Crippen MR) is 246 cm³/mol.